The van der Waals surface area contributed by atoms with E-state index in [0.717, 1.165) is 12.8 Å². The quantitative estimate of drug-likeness (QED) is 0.587. The molecule has 2 aliphatic carbocycles. The Hall–Kier alpha value is -0.620. The van der Waals surface area contributed by atoms with E-state index in [9.17, 15) is 13.2 Å². The smallest absolute Gasteiger partial charge is 0.311 e. The van der Waals surface area contributed by atoms with E-state index in [0.29, 0.717) is 12.3 Å². The summed E-state index contributed by atoms with van der Waals surface area (Å²) < 4.78 is 34.7. The molecule has 2 bridgehead atoms. The number of rotatable bonds is 4. The van der Waals surface area contributed by atoms with Crippen molar-refractivity contribution in [2.24, 2.45) is 23.2 Å². The Balaban J connectivity index is 1.72. The molecule has 5 nitrogen and oxygen atoms in total. The molecule has 1 aliphatic heterocycles. The number of carbonyl (C=O) groups is 1. The lowest BCUT2D eigenvalue weighted by atomic mass is 9.84. The Kier molecular flexibility index (Phi) is 3.41. The average molecular weight is 316 g/mol. The van der Waals surface area contributed by atoms with E-state index >= 15 is 0 Å². The van der Waals surface area contributed by atoms with Crippen LogP contribution in [-0.4, -0.2) is 31.8 Å². The minimum Gasteiger partial charge on any atom is -0.459 e. The maximum atomic E-state index is 12.4. The number of esters is 1. The molecule has 3 fully saturated rings. The van der Waals surface area contributed by atoms with Crippen LogP contribution in [0, 0.1) is 23.2 Å². The summed E-state index contributed by atoms with van der Waals surface area (Å²) >= 11 is 0. The molecule has 4 unspecified atom stereocenters. The summed E-state index contributed by atoms with van der Waals surface area (Å²) in [6, 6.07) is 0. The van der Waals surface area contributed by atoms with Crippen molar-refractivity contribution in [2.75, 3.05) is 0 Å². The lowest BCUT2D eigenvalue weighted by Crippen LogP contribution is -2.40. The van der Waals surface area contributed by atoms with Crippen molar-refractivity contribution >= 4 is 16.1 Å². The molecule has 0 aromatic carbocycles. The highest BCUT2D eigenvalue weighted by molar-refractivity contribution is 7.87. The van der Waals surface area contributed by atoms with Crippen LogP contribution in [-0.2, 0) is 23.8 Å². The molecule has 1 heterocycles. The topological polar surface area (TPSA) is 69.7 Å². The van der Waals surface area contributed by atoms with Crippen molar-refractivity contribution in [3.63, 3.8) is 0 Å². The molecule has 0 aromatic rings. The van der Waals surface area contributed by atoms with E-state index in [1.54, 1.807) is 0 Å². The summed E-state index contributed by atoms with van der Waals surface area (Å²) in [6.07, 6.45) is 1.29. The highest BCUT2D eigenvalue weighted by atomic mass is 32.2. The fraction of sp³-hybridized carbons (Fsp3) is 0.933. The molecule has 2 saturated carbocycles. The van der Waals surface area contributed by atoms with Crippen molar-refractivity contribution in [3.8, 4) is 0 Å². The van der Waals surface area contributed by atoms with Crippen LogP contribution in [0.5, 0.6) is 0 Å². The molecule has 0 spiro atoms. The molecule has 0 N–H and O–H groups in total. The zero-order valence-electron chi connectivity index (χ0n) is 13.0. The molecular weight excluding hydrogens is 292 g/mol. The maximum Gasteiger partial charge on any atom is 0.311 e. The van der Waals surface area contributed by atoms with Crippen LogP contribution in [0.15, 0.2) is 0 Å². The Bertz CT molecular complexity index is 550. The monoisotopic (exact) mass is 316 g/mol. The summed E-state index contributed by atoms with van der Waals surface area (Å²) in [7, 11) is -3.45. The van der Waals surface area contributed by atoms with E-state index in [1.165, 1.54) is 0 Å². The van der Waals surface area contributed by atoms with Gasteiger partial charge in [-0.2, -0.15) is 8.42 Å². The summed E-state index contributed by atoms with van der Waals surface area (Å²) in [6.45, 7) is 7.92. The summed E-state index contributed by atoms with van der Waals surface area (Å²) in [4.78, 5) is 12.4. The SMILES string of the molecule is CC(C)CC(C)(C)C(=O)OC1C2CC3C(C2)S(=O)(=O)O[C@H]31. The van der Waals surface area contributed by atoms with Crippen LogP contribution in [0.3, 0.4) is 0 Å². The van der Waals surface area contributed by atoms with Gasteiger partial charge in [-0.25, -0.2) is 0 Å². The summed E-state index contributed by atoms with van der Waals surface area (Å²) in [5, 5.41) is -0.369. The Labute approximate surface area is 126 Å². The largest absolute Gasteiger partial charge is 0.459 e. The number of carbonyl (C=O) groups excluding carboxylic acids is 1. The number of fused-ring (bicyclic) bond motifs is 1. The van der Waals surface area contributed by atoms with Crippen LogP contribution in [0.4, 0.5) is 0 Å². The van der Waals surface area contributed by atoms with Crippen molar-refractivity contribution < 1.29 is 22.1 Å². The van der Waals surface area contributed by atoms with Crippen molar-refractivity contribution in [2.45, 2.75) is 64.4 Å². The Morgan fingerprint density at radius 3 is 2.62 bits per heavy atom. The first kappa shape index (κ1) is 15.3. The maximum absolute atomic E-state index is 12.4. The Morgan fingerprint density at radius 2 is 2.00 bits per heavy atom. The van der Waals surface area contributed by atoms with E-state index in [4.69, 9.17) is 8.92 Å². The Morgan fingerprint density at radius 1 is 1.33 bits per heavy atom. The van der Waals surface area contributed by atoms with Gasteiger partial charge in [0.1, 0.15) is 12.2 Å². The fourth-order valence-electron chi connectivity index (χ4n) is 4.43. The third kappa shape index (κ3) is 2.40. The lowest BCUT2D eigenvalue weighted by molar-refractivity contribution is -0.167. The van der Waals surface area contributed by atoms with Crippen LogP contribution in [0.25, 0.3) is 0 Å². The first-order chi connectivity index (χ1) is 9.62. The predicted molar refractivity (Wildman–Crippen MR) is 76.9 cm³/mol. The molecule has 3 aliphatic rings. The normalized spacial score (nSPS) is 40.0. The third-order valence-corrected chi connectivity index (χ3v) is 6.90. The van der Waals surface area contributed by atoms with Gasteiger partial charge in [0.15, 0.2) is 0 Å². The average Bonchev–Trinajstić information content (AvgIpc) is 2.91. The zero-order valence-corrected chi connectivity index (χ0v) is 13.9. The first-order valence-electron chi connectivity index (χ1n) is 7.75. The van der Waals surface area contributed by atoms with Crippen molar-refractivity contribution in [1.29, 1.82) is 0 Å². The summed E-state index contributed by atoms with van der Waals surface area (Å²) in [5.41, 5.74) is -0.549. The second-order valence-electron chi connectivity index (χ2n) is 7.84. The minimum atomic E-state index is -3.45. The van der Waals surface area contributed by atoms with Gasteiger partial charge in [-0.05, 0) is 39.0 Å². The van der Waals surface area contributed by atoms with Gasteiger partial charge in [-0.15, -0.1) is 0 Å². The molecule has 0 radical (unpaired) electrons. The molecule has 6 heteroatoms. The van der Waals surface area contributed by atoms with Gasteiger partial charge in [0.2, 0.25) is 0 Å². The fourth-order valence-corrected chi connectivity index (χ4v) is 6.31. The van der Waals surface area contributed by atoms with Crippen LogP contribution >= 0.6 is 0 Å². The number of hydrogen-bond donors (Lipinski definition) is 0. The van der Waals surface area contributed by atoms with Gasteiger partial charge in [-0.3, -0.25) is 8.98 Å². The molecule has 0 amide bonds. The first-order valence-corrected chi connectivity index (χ1v) is 9.22. The highest BCUT2D eigenvalue weighted by Crippen LogP contribution is 2.55. The third-order valence-electron chi connectivity index (χ3n) is 5.13. The number of hydrogen-bond acceptors (Lipinski definition) is 5. The second-order valence-corrected chi connectivity index (χ2v) is 9.62. The van der Waals surface area contributed by atoms with E-state index < -0.39 is 21.6 Å². The lowest BCUT2D eigenvalue weighted by Gasteiger charge is -2.30. The molecular formula is C15H24O5S. The molecule has 0 aromatic heterocycles. The van der Waals surface area contributed by atoms with E-state index in [-0.39, 0.29) is 29.2 Å². The number of ether oxygens (including phenoxy) is 1. The van der Waals surface area contributed by atoms with Crippen LogP contribution in [0.1, 0.15) is 47.0 Å². The van der Waals surface area contributed by atoms with Gasteiger partial charge in [0, 0.05) is 11.8 Å². The van der Waals surface area contributed by atoms with Crippen molar-refractivity contribution in [3.05, 3.63) is 0 Å². The second kappa shape index (κ2) is 4.69. The highest BCUT2D eigenvalue weighted by Gasteiger charge is 2.65. The molecule has 1 saturated heterocycles. The zero-order chi connectivity index (χ0) is 15.6. The van der Waals surface area contributed by atoms with E-state index in [2.05, 4.69) is 13.8 Å². The molecule has 120 valence electrons. The summed E-state index contributed by atoms with van der Waals surface area (Å²) in [5.74, 6) is 0.324. The van der Waals surface area contributed by atoms with Gasteiger partial charge in [-0.1, -0.05) is 13.8 Å². The van der Waals surface area contributed by atoms with Gasteiger partial charge in [0.25, 0.3) is 10.1 Å². The van der Waals surface area contributed by atoms with Gasteiger partial charge in [0.05, 0.1) is 10.7 Å². The van der Waals surface area contributed by atoms with Crippen LogP contribution < -0.4 is 0 Å². The van der Waals surface area contributed by atoms with Gasteiger partial charge < -0.3 is 4.74 Å². The molecule has 3 rings (SSSR count). The standard InChI is InChI=1S/C15H24O5S/c1-8(2)7-15(3,4)14(16)19-12-9-5-10-11(6-9)21(17,18)20-13(10)12/h8-13H,5-7H2,1-4H3/t9?,10?,11?,12?,13-/m1/s1. The minimum absolute atomic E-state index is 0.0195. The molecule has 21 heavy (non-hydrogen) atoms. The molecule has 5 atom stereocenters. The van der Waals surface area contributed by atoms with Crippen molar-refractivity contribution in [1.82, 2.24) is 0 Å². The van der Waals surface area contributed by atoms with E-state index in [1.807, 2.05) is 13.8 Å². The van der Waals surface area contributed by atoms with Gasteiger partial charge >= 0.3 is 5.97 Å². The van der Waals surface area contributed by atoms with Crippen LogP contribution in [0.2, 0.25) is 0 Å². The predicted octanol–water partition coefficient (Wildman–Crippen LogP) is 2.11.